The standard InChI is InChI=1S/C22H22N4O6S/c1-30-18-5-3-16(4-6-18)23-22-24-17(14-33-22)13-32-21(27)15-2-7-19(20(12-15)26(28)29)25-8-10-31-11-9-25/h2-7,12,14H,8-11,13H2,1H3,(H,23,24). The third-order valence-electron chi connectivity index (χ3n) is 5.00. The van der Waals surface area contributed by atoms with Gasteiger partial charge in [-0.1, -0.05) is 0 Å². The first-order valence-corrected chi connectivity index (χ1v) is 11.0. The molecule has 1 aliphatic rings. The molecule has 4 rings (SSSR count). The molecule has 0 bridgehead atoms. The predicted octanol–water partition coefficient (Wildman–Crippen LogP) is 4.00. The number of nitrogens with zero attached hydrogens (tertiary/aromatic N) is 3. The second kappa shape index (κ2) is 10.3. The topological polar surface area (TPSA) is 116 Å². The van der Waals surface area contributed by atoms with Crippen LogP contribution in [0.5, 0.6) is 5.75 Å². The lowest BCUT2D eigenvalue weighted by molar-refractivity contribution is -0.384. The van der Waals surface area contributed by atoms with E-state index in [1.165, 1.54) is 23.5 Å². The zero-order chi connectivity index (χ0) is 23.2. The number of methoxy groups -OCH3 is 1. The van der Waals surface area contributed by atoms with Gasteiger partial charge in [-0.15, -0.1) is 11.3 Å². The molecule has 10 nitrogen and oxygen atoms in total. The molecule has 33 heavy (non-hydrogen) atoms. The van der Waals surface area contributed by atoms with Gasteiger partial charge < -0.3 is 24.4 Å². The fraction of sp³-hybridized carbons (Fsp3) is 0.273. The van der Waals surface area contributed by atoms with Crippen molar-refractivity contribution in [1.29, 1.82) is 0 Å². The summed E-state index contributed by atoms with van der Waals surface area (Å²) in [5, 5.41) is 17.2. The number of carbonyl (C=O) groups excluding carboxylic acids is 1. The van der Waals surface area contributed by atoms with E-state index >= 15 is 0 Å². The van der Waals surface area contributed by atoms with E-state index in [2.05, 4.69) is 10.3 Å². The fourth-order valence-corrected chi connectivity index (χ4v) is 4.03. The number of hydrogen-bond donors (Lipinski definition) is 1. The Morgan fingerprint density at radius 1 is 1.24 bits per heavy atom. The van der Waals surface area contributed by atoms with Crippen molar-refractivity contribution < 1.29 is 23.9 Å². The molecule has 0 spiro atoms. The molecule has 2 heterocycles. The summed E-state index contributed by atoms with van der Waals surface area (Å²) < 4.78 is 15.8. The summed E-state index contributed by atoms with van der Waals surface area (Å²) in [4.78, 5) is 29.9. The first-order chi connectivity index (χ1) is 16.0. The molecule has 0 amide bonds. The number of hydrogen-bond acceptors (Lipinski definition) is 10. The first kappa shape index (κ1) is 22.5. The lowest BCUT2D eigenvalue weighted by atomic mass is 10.1. The minimum Gasteiger partial charge on any atom is -0.497 e. The predicted molar refractivity (Wildman–Crippen MR) is 124 cm³/mol. The van der Waals surface area contributed by atoms with Crippen LogP contribution in [0.25, 0.3) is 0 Å². The molecule has 172 valence electrons. The van der Waals surface area contributed by atoms with Gasteiger partial charge in [0.1, 0.15) is 18.0 Å². The first-order valence-electron chi connectivity index (χ1n) is 10.2. The average Bonchev–Trinajstić information content (AvgIpc) is 3.30. The highest BCUT2D eigenvalue weighted by atomic mass is 32.1. The third-order valence-corrected chi connectivity index (χ3v) is 5.81. The number of morpholine rings is 1. The van der Waals surface area contributed by atoms with Gasteiger partial charge in [0.25, 0.3) is 5.69 Å². The van der Waals surface area contributed by atoms with Gasteiger partial charge in [0.15, 0.2) is 5.13 Å². The molecular weight excluding hydrogens is 448 g/mol. The lowest BCUT2D eigenvalue weighted by Crippen LogP contribution is -2.36. The molecule has 1 aromatic heterocycles. The zero-order valence-electron chi connectivity index (χ0n) is 17.9. The quantitative estimate of drug-likeness (QED) is 0.296. The Morgan fingerprint density at radius 2 is 2.00 bits per heavy atom. The van der Waals surface area contributed by atoms with Gasteiger partial charge in [0.05, 0.1) is 36.5 Å². The summed E-state index contributed by atoms with van der Waals surface area (Å²) in [5.41, 5.74) is 1.87. The van der Waals surface area contributed by atoms with Gasteiger partial charge in [-0.25, -0.2) is 9.78 Å². The second-order valence-electron chi connectivity index (χ2n) is 7.13. The Balaban J connectivity index is 1.38. The number of rotatable bonds is 8. The number of thiazole rings is 1. The van der Waals surface area contributed by atoms with Crippen molar-refractivity contribution in [2.24, 2.45) is 0 Å². The van der Waals surface area contributed by atoms with Crippen LogP contribution in [0.2, 0.25) is 0 Å². The van der Waals surface area contributed by atoms with Crippen LogP contribution in [0.1, 0.15) is 16.1 Å². The smallest absolute Gasteiger partial charge is 0.338 e. The van der Waals surface area contributed by atoms with Crippen LogP contribution in [0.15, 0.2) is 47.8 Å². The summed E-state index contributed by atoms with van der Waals surface area (Å²) in [6.07, 6.45) is 0. The molecule has 11 heteroatoms. The molecule has 1 fully saturated rings. The van der Waals surface area contributed by atoms with E-state index in [0.29, 0.717) is 42.8 Å². The Labute approximate surface area is 193 Å². The molecule has 1 N–H and O–H groups in total. The van der Waals surface area contributed by atoms with Gasteiger partial charge in [-0.3, -0.25) is 10.1 Å². The molecule has 0 aliphatic carbocycles. The summed E-state index contributed by atoms with van der Waals surface area (Å²) >= 11 is 1.38. The van der Waals surface area contributed by atoms with Crippen molar-refractivity contribution in [3.05, 3.63) is 69.2 Å². The number of nitrogens with one attached hydrogen (secondary N) is 1. The normalized spacial score (nSPS) is 13.4. The molecule has 0 unspecified atom stereocenters. The number of carbonyl (C=O) groups is 1. The highest BCUT2D eigenvalue weighted by molar-refractivity contribution is 7.13. The minimum absolute atomic E-state index is 0.0430. The zero-order valence-corrected chi connectivity index (χ0v) is 18.7. The second-order valence-corrected chi connectivity index (χ2v) is 7.99. The molecule has 1 saturated heterocycles. The van der Waals surface area contributed by atoms with Crippen LogP contribution in [-0.4, -0.2) is 49.3 Å². The van der Waals surface area contributed by atoms with Gasteiger partial charge >= 0.3 is 5.97 Å². The van der Waals surface area contributed by atoms with Crippen molar-refractivity contribution in [1.82, 2.24) is 4.98 Å². The van der Waals surface area contributed by atoms with Crippen LogP contribution in [0, 0.1) is 10.1 Å². The highest BCUT2D eigenvalue weighted by Crippen LogP contribution is 2.30. The highest BCUT2D eigenvalue weighted by Gasteiger charge is 2.24. The van der Waals surface area contributed by atoms with E-state index in [9.17, 15) is 14.9 Å². The van der Waals surface area contributed by atoms with E-state index in [-0.39, 0.29) is 17.9 Å². The fourth-order valence-electron chi connectivity index (χ4n) is 3.32. The summed E-state index contributed by atoms with van der Waals surface area (Å²) in [6.45, 7) is 2.08. The molecule has 0 atom stereocenters. The molecule has 0 radical (unpaired) electrons. The Kier molecular flexibility index (Phi) is 7.01. The number of nitro benzene ring substituents is 1. The number of esters is 1. The maximum absolute atomic E-state index is 12.5. The summed E-state index contributed by atoms with van der Waals surface area (Å²) in [6, 6.07) is 11.8. The molecule has 0 saturated carbocycles. The van der Waals surface area contributed by atoms with Crippen LogP contribution in [0.4, 0.5) is 22.2 Å². The number of anilines is 3. The molecule has 2 aromatic carbocycles. The van der Waals surface area contributed by atoms with Crippen molar-refractivity contribution >= 4 is 39.5 Å². The van der Waals surface area contributed by atoms with Crippen molar-refractivity contribution in [2.45, 2.75) is 6.61 Å². The van der Waals surface area contributed by atoms with E-state index in [0.717, 1.165) is 11.4 Å². The average molecular weight is 471 g/mol. The van der Waals surface area contributed by atoms with Crippen LogP contribution < -0.4 is 15.0 Å². The number of benzene rings is 2. The number of nitro groups is 1. The number of aromatic nitrogens is 1. The third kappa shape index (κ3) is 5.57. The van der Waals surface area contributed by atoms with Gasteiger partial charge in [0.2, 0.25) is 0 Å². The molecule has 3 aromatic rings. The number of ether oxygens (including phenoxy) is 3. The maximum atomic E-state index is 12.5. The minimum atomic E-state index is -0.649. The van der Waals surface area contributed by atoms with E-state index in [4.69, 9.17) is 14.2 Å². The van der Waals surface area contributed by atoms with E-state index in [1.54, 1.807) is 18.6 Å². The van der Waals surface area contributed by atoms with Crippen molar-refractivity contribution in [2.75, 3.05) is 43.6 Å². The van der Waals surface area contributed by atoms with E-state index < -0.39 is 10.9 Å². The SMILES string of the molecule is COc1ccc(Nc2nc(COC(=O)c3ccc(N4CCOCC4)c([N+](=O)[O-])c3)cs2)cc1. The molecule has 1 aliphatic heterocycles. The van der Waals surface area contributed by atoms with Crippen LogP contribution in [0.3, 0.4) is 0 Å². The Morgan fingerprint density at radius 3 is 2.70 bits per heavy atom. The molecular formula is C22H22N4O6S. The summed E-state index contributed by atoms with van der Waals surface area (Å²) in [5.74, 6) is 0.106. The lowest BCUT2D eigenvalue weighted by Gasteiger charge is -2.28. The van der Waals surface area contributed by atoms with Crippen molar-refractivity contribution in [3.8, 4) is 5.75 Å². The maximum Gasteiger partial charge on any atom is 0.338 e. The van der Waals surface area contributed by atoms with Gasteiger partial charge in [0, 0.05) is 30.2 Å². The van der Waals surface area contributed by atoms with Crippen LogP contribution in [-0.2, 0) is 16.1 Å². The summed E-state index contributed by atoms with van der Waals surface area (Å²) in [7, 11) is 1.60. The van der Waals surface area contributed by atoms with E-state index in [1.807, 2.05) is 29.2 Å². The Hall–Kier alpha value is -3.70. The largest absolute Gasteiger partial charge is 0.497 e. The monoisotopic (exact) mass is 470 g/mol. The van der Waals surface area contributed by atoms with Gasteiger partial charge in [-0.2, -0.15) is 0 Å². The van der Waals surface area contributed by atoms with Gasteiger partial charge in [-0.05, 0) is 36.4 Å². The van der Waals surface area contributed by atoms with Crippen molar-refractivity contribution in [3.63, 3.8) is 0 Å². The Bertz CT molecular complexity index is 1130. The van der Waals surface area contributed by atoms with Crippen LogP contribution >= 0.6 is 11.3 Å².